The van der Waals surface area contributed by atoms with Crippen molar-refractivity contribution < 1.29 is 9.90 Å². The molecule has 2 heterocycles. The summed E-state index contributed by atoms with van der Waals surface area (Å²) in [6.07, 6.45) is -0.698. The second-order valence-corrected chi connectivity index (χ2v) is 5.84. The van der Waals surface area contributed by atoms with Crippen molar-refractivity contribution in [2.24, 2.45) is 7.05 Å². The maximum Gasteiger partial charge on any atom is 0.268 e. The molecule has 108 valence electrons. The highest BCUT2D eigenvalue weighted by Crippen LogP contribution is 2.24. The van der Waals surface area contributed by atoms with E-state index in [-0.39, 0.29) is 12.5 Å². The fraction of sp³-hybridized carbons (Fsp3) is 0.188. The van der Waals surface area contributed by atoms with Gasteiger partial charge in [0.25, 0.3) is 5.91 Å². The molecule has 0 saturated heterocycles. The quantitative estimate of drug-likeness (QED) is 0.778. The standard InChI is InChI=1S/C16H16N2O2S/c1-18-12-7-8-21-15(12)9-13(18)16(20)17-10-14(19)11-5-3-2-4-6-11/h2-9,14,19H,10H2,1H3,(H,17,20)/t14-/m1/s1. The number of thiophene rings is 1. The Hall–Kier alpha value is -2.11. The van der Waals surface area contributed by atoms with Crippen molar-refractivity contribution in [2.75, 3.05) is 6.54 Å². The molecule has 0 fully saturated rings. The van der Waals surface area contributed by atoms with Crippen molar-refractivity contribution in [3.05, 3.63) is 59.1 Å². The minimum absolute atomic E-state index is 0.170. The highest BCUT2D eigenvalue weighted by Gasteiger charge is 2.15. The zero-order chi connectivity index (χ0) is 14.8. The van der Waals surface area contributed by atoms with E-state index in [0.717, 1.165) is 15.8 Å². The third-order valence-electron chi connectivity index (χ3n) is 3.54. The van der Waals surface area contributed by atoms with Crippen LogP contribution in [0, 0.1) is 0 Å². The van der Waals surface area contributed by atoms with E-state index < -0.39 is 6.10 Å². The Balaban J connectivity index is 1.69. The molecule has 0 unspecified atom stereocenters. The van der Waals surface area contributed by atoms with Crippen molar-refractivity contribution in [1.29, 1.82) is 0 Å². The first-order valence-electron chi connectivity index (χ1n) is 6.71. The Morgan fingerprint density at radius 2 is 2.10 bits per heavy atom. The van der Waals surface area contributed by atoms with Crippen molar-refractivity contribution in [1.82, 2.24) is 9.88 Å². The van der Waals surface area contributed by atoms with E-state index >= 15 is 0 Å². The number of hydrogen-bond acceptors (Lipinski definition) is 3. The van der Waals surface area contributed by atoms with E-state index in [1.807, 2.05) is 59.5 Å². The molecule has 2 N–H and O–H groups in total. The highest BCUT2D eigenvalue weighted by atomic mass is 32.1. The van der Waals surface area contributed by atoms with Crippen LogP contribution in [0.15, 0.2) is 47.8 Å². The van der Waals surface area contributed by atoms with Crippen LogP contribution in [0.3, 0.4) is 0 Å². The first-order chi connectivity index (χ1) is 10.2. The largest absolute Gasteiger partial charge is 0.387 e. The summed E-state index contributed by atoms with van der Waals surface area (Å²) in [4.78, 5) is 12.2. The molecular formula is C16H16N2O2S. The Bertz CT molecular complexity index is 761. The number of nitrogens with zero attached hydrogens (tertiary/aromatic N) is 1. The van der Waals surface area contributed by atoms with Crippen molar-refractivity contribution >= 4 is 27.5 Å². The molecular weight excluding hydrogens is 284 g/mol. The zero-order valence-corrected chi connectivity index (χ0v) is 12.4. The van der Waals surface area contributed by atoms with Crippen LogP contribution in [-0.4, -0.2) is 22.1 Å². The summed E-state index contributed by atoms with van der Waals surface area (Å²) in [5.74, 6) is -0.170. The molecule has 2 aromatic heterocycles. The Morgan fingerprint density at radius 3 is 2.81 bits per heavy atom. The number of aromatic nitrogens is 1. The molecule has 1 amide bonds. The molecule has 0 saturated carbocycles. The highest BCUT2D eigenvalue weighted by molar-refractivity contribution is 7.17. The van der Waals surface area contributed by atoms with Gasteiger partial charge in [0.1, 0.15) is 5.69 Å². The normalized spacial score (nSPS) is 12.5. The average Bonchev–Trinajstić information content (AvgIpc) is 3.09. The molecule has 0 aliphatic rings. The van der Waals surface area contributed by atoms with E-state index in [4.69, 9.17) is 0 Å². The van der Waals surface area contributed by atoms with Crippen molar-refractivity contribution in [3.8, 4) is 0 Å². The number of amides is 1. The molecule has 21 heavy (non-hydrogen) atoms. The van der Waals surface area contributed by atoms with Gasteiger partial charge in [0, 0.05) is 13.6 Å². The number of aliphatic hydroxyl groups is 1. The maximum absolute atomic E-state index is 12.2. The number of hydrogen-bond donors (Lipinski definition) is 2. The predicted octanol–water partition coefficient (Wildman–Crippen LogP) is 2.70. The van der Waals surface area contributed by atoms with Gasteiger partial charge in [-0.1, -0.05) is 30.3 Å². The number of aryl methyl sites for hydroxylation is 1. The van der Waals surface area contributed by atoms with Gasteiger partial charge in [-0.15, -0.1) is 11.3 Å². The SMILES string of the molecule is Cn1c(C(=O)NC[C@@H](O)c2ccccc2)cc2sccc21. The lowest BCUT2D eigenvalue weighted by molar-refractivity contribution is 0.0908. The summed E-state index contributed by atoms with van der Waals surface area (Å²) in [6, 6.07) is 13.2. The number of aliphatic hydroxyl groups excluding tert-OH is 1. The first-order valence-corrected chi connectivity index (χ1v) is 7.59. The van der Waals surface area contributed by atoms with Gasteiger partial charge in [-0.2, -0.15) is 0 Å². The van der Waals surface area contributed by atoms with Gasteiger partial charge in [-0.25, -0.2) is 0 Å². The monoisotopic (exact) mass is 300 g/mol. The Morgan fingerprint density at radius 1 is 1.33 bits per heavy atom. The van der Waals surface area contributed by atoms with Crippen LogP contribution in [0.4, 0.5) is 0 Å². The number of fused-ring (bicyclic) bond motifs is 1. The van der Waals surface area contributed by atoms with Crippen LogP contribution in [0.1, 0.15) is 22.2 Å². The number of carbonyl (C=O) groups is 1. The maximum atomic E-state index is 12.2. The summed E-state index contributed by atoms with van der Waals surface area (Å²) < 4.78 is 2.96. The van der Waals surface area contributed by atoms with Gasteiger partial charge in [0.15, 0.2) is 0 Å². The molecule has 3 aromatic rings. The zero-order valence-electron chi connectivity index (χ0n) is 11.6. The van der Waals surface area contributed by atoms with Crippen LogP contribution in [0.2, 0.25) is 0 Å². The third-order valence-corrected chi connectivity index (χ3v) is 4.39. The molecule has 1 aromatic carbocycles. The van der Waals surface area contributed by atoms with E-state index in [2.05, 4.69) is 5.32 Å². The third kappa shape index (κ3) is 2.70. The van der Waals surface area contributed by atoms with Crippen LogP contribution in [0.5, 0.6) is 0 Å². The van der Waals surface area contributed by atoms with Crippen LogP contribution >= 0.6 is 11.3 Å². The molecule has 3 rings (SSSR count). The Kier molecular flexibility index (Phi) is 3.77. The Labute approximate surface area is 126 Å². The molecule has 5 heteroatoms. The van der Waals surface area contributed by atoms with E-state index in [1.54, 1.807) is 11.3 Å². The summed E-state index contributed by atoms with van der Waals surface area (Å²) in [5.41, 5.74) is 2.46. The molecule has 0 aliphatic heterocycles. The van der Waals surface area contributed by atoms with Crippen molar-refractivity contribution in [2.45, 2.75) is 6.10 Å². The number of benzene rings is 1. The topological polar surface area (TPSA) is 54.3 Å². The smallest absolute Gasteiger partial charge is 0.268 e. The second-order valence-electron chi connectivity index (χ2n) is 4.90. The van der Waals surface area contributed by atoms with Gasteiger partial charge in [0.05, 0.1) is 16.3 Å². The minimum Gasteiger partial charge on any atom is -0.387 e. The molecule has 0 radical (unpaired) electrons. The van der Waals surface area contributed by atoms with Gasteiger partial charge >= 0.3 is 0 Å². The lowest BCUT2D eigenvalue weighted by Gasteiger charge is -2.12. The van der Waals surface area contributed by atoms with Gasteiger partial charge in [0.2, 0.25) is 0 Å². The summed E-state index contributed by atoms with van der Waals surface area (Å²) in [6.45, 7) is 0.196. The van der Waals surface area contributed by atoms with Gasteiger partial charge in [-0.3, -0.25) is 4.79 Å². The second kappa shape index (κ2) is 5.71. The minimum atomic E-state index is -0.698. The summed E-state index contributed by atoms with van der Waals surface area (Å²) >= 11 is 1.61. The van der Waals surface area contributed by atoms with Crippen molar-refractivity contribution in [3.63, 3.8) is 0 Å². The van der Waals surface area contributed by atoms with E-state index in [1.165, 1.54) is 0 Å². The fourth-order valence-corrected chi connectivity index (χ4v) is 3.19. The molecule has 0 bridgehead atoms. The molecule has 0 spiro atoms. The number of carbonyl (C=O) groups excluding carboxylic acids is 1. The van der Waals surface area contributed by atoms with E-state index in [0.29, 0.717) is 5.69 Å². The number of nitrogens with one attached hydrogen (secondary N) is 1. The number of rotatable bonds is 4. The first kappa shape index (κ1) is 13.9. The summed E-state index contributed by atoms with van der Waals surface area (Å²) in [7, 11) is 1.87. The summed E-state index contributed by atoms with van der Waals surface area (Å²) in [5, 5.41) is 14.9. The average molecular weight is 300 g/mol. The van der Waals surface area contributed by atoms with Crippen LogP contribution in [-0.2, 0) is 7.05 Å². The predicted molar refractivity (Wildman–Crippen MR) is 84.5 cm³/mol. The van der Waals surface area contributed by atoms with Crippen LogP contribution in [0.25, 0.3) is 10.2 Å². The van der Waals surface area contributed by atoms with Crippen LogP contribution < -0.4 is 5.32 Å². The fourth-order valence-electron chi connectivity index (χ4n) is 2.34. The lowest BCUT2D eigenvalue weighted by Crippen LogP contribution is -2.29. The molecule has 0 aliphatic carbocycles. The van der Waals surface area contributed by atoms with E-state index in [9.17, 15) is 9.90 Å². The molecule has 4 nitrogen and oxygen atoms in total. The van der Waals surface area contributed by atoms with Gasteiger partial charge < -0.3 is 15.0 Å². The molecule has 1 atom stereocenters. The van der Waals surface area contributed by atoms with Gasteiger partial charge in [-0.05, 0) is 23.1 Å². The lowest BCUT2D eigenvalue weighted by atomic mass is 10.1.